The van der Waals surface area contributed by atoms with Crippen LogP contribution in [-0.4, -0.2) is 4.98 Å². The van der Waals surface area contributed by atoms with Gasteiger partial charge in [-0.25, -0.2) is 0 Å². The first-order valence-electron chi connectivity index (χ1n) is 6.68. The highest BCUT2D eigenvalue weighted by molar-refractivity contribution is 9.11. The van der Waals surface area contributed by atoms with Gasteiger partial charge in [0.05, 0.1) is 3.79 Å². The van der Waals surface area contributed by atoms with E-state index in [1.165, 1.54) is 39.1 Å². The van der Waals surface area contributed by atoms with Gasteiger partial charge in [-0.15, -0.1) is 11.3 Å². The van der Waals surface area contributed by atoms with Crippen molar-refractivity contribution in [2.45, 2.75) is 38.3 Å². The van der Waals surface area contributed by atoms with E-state index >= 15 is 0 Å². The van der Waals surface area contributed by atoms with E-state index in [-0.39, 0.29) is 0 Å². The molecule has 2 aromatic heterocycles. The average Bonchev–Trinajstić information content (AvgIpc) is 2.81. The first-order chi connectivity index (χ1) is 9.24. The Morgan fingerprint density at radius 3 is 3.21 bits per heavy atom. The van der Waals surface area contributed by atoms with Crippen molar-refractivity contribution in [2.75, 3.05) is 0 Å². The zero-order chi connectivity index (χ0) is 13.2. The van der Waals surface area contributed by atoms with E-state index in [0.29, 0.717) is 12.1 Å². The third-order valence-electron chi connectivity index (χ3n) is 3.72. The second-order valence-electron chi connectivity index (χ2n) is 5.05. The normalized spacial score (nSPS) is 20.0. The quantitative estimate of drug-likeness (QED) is 0.883. The van der Waals surface area contributed by atoms with Crippen molar-refractivity contribution < 1.29 is 0 Å². The topological polar surface area (TPSA) is 24.9 Å². The maximum atomic E-state index is 4.20. The minimum Gasteiger partial charge on any atom is -0.303 e. The monoisotopic (exact) mass is 336 g/mol. The Morgan fingerprint density at radius 2 is 2.42 bits per heavy atom. The Hall–Kier alpha value is -0.710. The Kier molecular flexibility index (Phi) is 4.01. The minimum absolute atomic E-state index is 0.336. The molecule has 0 aromatic carbocycles. The van der Waals surface area contributed by atoms with Gasteiger partial charge in [-0.1, -0.05) is 6.07 Å². The molecule has 4 heteroatoms. The van der Waals surface area contributed by atoms with Crippen LogP contribution in [0.15, 0.2) is 34.4 Å². The molecule has 2 unspecified atom stereocenters. The lowest BCUT2D eigenvalue weighted by atomic mass is 9.93. The molecule has 19 heavy (non-hydrogen) atoms. The number of rotatable bonds is 3. The highest BCUT2D eigenvalue weighted by atomic mass is 79.9. The van der Waals surface area contributed by atoms with Crippen molar-refractivity contribution in [3.05, 3.63) is 50.4 Å². The summed E-state index contributed by atoms with van der Waals surface area (Å²) in [4.78, 5) is 5.74. The summed E-state index contributed by atoms with van der Waals surface area (Å²) in [5.41, 5.74) is 2.74. The van der Waals surface area contributed by atoms with E-state index in [2.05, 4.69) is 45.3 Å². The number of fused-ring (bicyclic) bond motifs is 1. The van der Waals surface area contributed by atoms with Crippen LogP contribution >= 0.6 is 27.3 Å². The Labute approximate surface area is 126 Å². The van der Waals surface area contributed by atoms with Gasteiger partial charge in [0, 0.05) is 29.4 Å². The molecule has 0 amide bonds. The summed E-state index contributed by atoms with van der Waals surface area (Å²) in [6.07, 6.45) is 7.50. The second kappa shape index (κ2) is 5.73. The van der Waals surface area contributed by atoms with Gasteiger partial charge in [-0.05, 0) is 65.4 Å². The van der Waals surface area contributed by atoms with E-state index in [0.717, 1.165) is 0 Å². The summed E-state index contributed by atoms with van der Waals surface area (Å²) in [5.74, 6) is 0. The molecule has 0 spiro atoms. The summed E-state index contributed by atoms with van der Waals surface area (Å²) in [7, 11) is 0. The highest BCUT2D eigenvalue weighted by Gasteiger charge is 2.24. The smallest absolute Gasteiger partial charge is 0.0704 e. The molecule has 0 fully saturated rings. The van der Waals surface area contributed by atoms with Crippen LogP contribution in [0, 0.1) is 0 Å². The average molecular weight is 337 g/mol. The number of hydrogen-bond donors (Lipinski definition) is 1. The lowest BCUT2D eigenvalue weighted by Gasteiger charge is -2.27. The van der Waals surface area contributed by atoms with Crippen LogP contribution in [0.5, 0.6) is 0 Å². The molecule has 2 nitrogen and oxygen atoms in total. The van der Waals surface area contributed by atoms with Crippen LogP contribution < -0.4 is 5.32 Å². The van der Waals surface area contributed by atoms with E-state index in [9.17, 15) is 0 Å². The van der Waals surface area contributed by atoms with Crippen LogP contribution in [0.1, 0.15) is 47.9 Å². The number of thiophene rings is 1. The van der Waals surface area contributed by atoms with Crippen LogP contribution in [0.3, 0.4) is 0 Å². The number of halogens is 1. The summed E-state index contributed by atoms with van der Waals surface area (Å²) < 4.78 is 1.25. The van der Waals surface area contributed by atoms with Gasteiger partial charge in [-0.3, -0.25) is 4.98 Å². The van der Waals surface area contributed by atoms with Gasteiger partial charge in [-0.2, -0.15) is 0 Å². The fraction of sp³-hybridized carbons (Fsp3) is 0.400. The molecular weight excluding hydrogens is 320 g/mol. The molecule has 2 heterocycles. The van der Waals surface area contributed by atoms with Gasteiger partial charge in [0.25, 0.3) is 0 Å². The number of nitrogens with zero attached hydrogens (tertiary/aromatic N) is 1. The SMILES string of the molecule is CC(NC1CCCc2sc(Br)cc21)c1cccnc1. The summed E-state index contributed by atoms with van der Waals surface area (Å²) in [5, 5.41) is 3.75. The van der Waals surface area contributed by atoms with Gasteiger partial charge >= 0.3 is 0 Å². The van der Waals surface area contributed by atoms with Crippen LogP contribution in [0.4, 0.5) is 0 Å². The predicted molar refractivity (Wildman–Crippen MR) is 83.5 cm³/mol. The first-order valence-corrected chi connectivity index (χ1v) is 8.29. The van der Waals surface area contributed by atoms with Gasteiger partial charge in [0.1, 0.15) is 0 Å². The van der Waals surface area contributed by atoms with Crippen molar-refractivity contribution >= 4 is 27.3 Å². The van der Waals surface area contributed by atoms with Crippen molar-refractivity contribution in [2.24, 2.45) is 0 Å². The van der Waals surface area contributed by atoms with Crippen LogP contribution in [0.25, 0.3) is 0 Å². The molecule has 0 aliphatic heterocycles. The lowest BCUT2D eigenvalue weighted by Crippen LogP contribution is -2.27. The van der Waals surface area contributed by atoms with Gasteiger partial charge < -0.3 is 5.32 Å². The van der Waals surface area contributed by atoms with Crippen molar-refractivity contribution in [1.82, 2.24) is 10.3 Å². The summed E-state index contributed by atoms with van der Waals surface area (Å²) in [6, 6.07) is 7.23. The number of nitrogens with one attached hydrogen (secondary N) is 1. The number of pyridine rings is 1. The van der Waals surface area contributed by atoms with Crippen molar-refractivity contribution in [3.8, 4) is 0 Å². The summed E-state index contributed by atoms with van der Waals surface area (Å²) >= 11 is 5.49. The minimum atomic E-state index is 0.336. The number of aromatic nitrogens is 1. The number of aryl methyl sites for hydroxylation is 1. The fourth-order valence-electron chi connectivity index (χ4n) is 2.72. The Morgan fingerprint density at radius 1 is 1.53 bits per heavy atom. The van der Waals surface area contributed by atoms with E-state index in [4.69, 9.17) is 0 Å². The van der Waals surface area contributed by atoms with Crippen molar-refractivity contribution in [1.29, 1.82) is 0 Å². The molecule has 1 aliphatic rings. The fourth-order valence-corrected chi connectivity index (χ4v) is 4.54. The molecule has 0 saturated carbocycles. The van der Waals surface area contributed by atoms with E-state index < -0.39 is 0 Å². The molecule has 100 valence electrons. The predicted octanol–water partition coefficient (Wildman–Crippen LogP) is 4.63. The zero-order valence-corrected chi connectivity index (χ0v) is 13.3. The van der Waals surface area contributed by atoms with Crippen LogP contribution in [-0.2, 0) is 6.42 Å². The third kappa shape index (κ3) is 2.91. The molecule has 2 aromatic rings. The van der Waals surface area contributed by atoms with E-state index in [1.54, 1.807) is 0 Å². The highest BCUT2D eigenvalue weighted by Crippen LogP contribution is 2.38. The Bertz CT molecular complexity index is 553. The molecule has 0 radical (unpaired) electrons. The van der Waals surface area contributed by atoms with Gasteiger partial charge in [0.15, 0.2) is 0 Å². The lowest BCUT2D eigenvalue weighted by molar-refractivity contribution is 0.418. The van der Waals surface area contributed by atoms with Crippen LogP contribution in [0.2, 0.25) is 0 Å². The maximum absolute atomic E-state index is 4.20. The molecule has 2 atom stereocenters. The molecule has 1 N–H and O–H groups in total. The van der Waals surface area contributed by atoms with Crippen molar-refractivity contribution in [3.63, 3.8) is 0 Å². The largest absolute Gasteiger partial charge is 0.303 e. The first kappa shape index (κ1) is 13.3. The molecule has 0 saturated heterocycles. The standard InChI is InChI=1S/C15H17BrN2S/c1-10(11-4-3-7-17-9-11)18-13-5-2-6-14-12(13)8-15(16)19-14/h3-4,7-10,13,18H,2,5-6H2,1H3. The third-order valence-corrected chi connectivity index (χ3v) is 5.43. The number of hydrogen-bond acceptors (Lipinski definition) is 3. The van der Waals surface area contributed by atoms with E-state index in [1.807, 2.05) is 29.8 Å². The Balaban J connectivity index is 1.77. The van der Waals surface area contributed by atoms with Gasteiger partial charge in [0.2, 0.25) is 0 Å². The molecule has 3 rings (SSSR count). The maximum Gasteiger partial charge on any atom is 0.0704 e. The second-order valence-corrected chi connectivity index (χ2v) is 7.56. The molecule has 0 bridgehead atoms. The molecule has 1 aliphatic carbocycles. The summed E-state index contributed by atoms with van der Waals surface area (Å²) in [6.45, 7) is 2.21. The zero-order valence-electron chi connectivity index (χ0n) is 10.9. The molecular formula is C15H17BrN2S.